The van der Waals surface area contributed by atoms with Crippen LogP contribution in [-0.4, -0.2) is 51.5 Å². The van der Waals surface area contributed by atoms with Gasteiger partial charge in [-0.2, -0.15) is 0 Å². The lowest BCUT2D eigenvalue weighted by atomic mass is 10.2. The molecule has 0 fully saturated rings. The van der Waals surface area contributed by atoms with Gasteiger partial charge in [-0.05, 0) is 37.7 Å². The number of aryl methyl sites for hydroxylation is 1. The molecule has 0 atom stereocenters. The first-order valence-electron chi connectivity index (χ1n) is 9.75. The Balaban J connectivity index is 2.20. The van der Waals surface area contributed by atoms with Gasteiger partial charge in [0.05, 0.1) is 19.4 Å². The van der Waals surface area contributed by atoms with E-state index in [9.17, 15) is 19.2 Å². The smallest absolute Gasteiger partial charge is 0.344 e. The molecule has 0 spiro atoms. The minimum absolute atomic E-state index is 0.0761. The summed E-state index contributed by atoms with van der Waals surface area (Å²) in [5.74, 6) is -0.476. The number of hydrogen-bond donors (Lipinski definition) is 1. The molecule has 2 aromatic rings. The molecular weight excluding hydrogens is 452 g/mol. The third-order valence-electron chi connectivity index (χ3n) is 4.24. The van der Waals surface area contributed by atoms with Gasteiger partial charge in [0.25, 0.3) is 5.12 Å². The van der Waals surface area contributed by atoms with E-state index in [4.69, 9.17) is 14.9 Å². The lowest BCUT2D eigenvalue weighted by Crippen LogP contribution is -2.22. The van der Waals surface area contributed by atoms with Crippen molar-refractivity contribution in [3.63, 3.8) is 0 Å². The van der Waals surface area contributed by atoms with Crippen molar-refractivity contribution in [2.24, 2.45) is 0 Å². The molecule has 0 aliphatic carbocycles. The predicted octanol–water partition coefficient (Wildman–Crippen LogP) is 2.22. The fraction of sp³-hybridized carbons (Fsp3) is 0.333. The van der Waals surface area contributed by atoms with Crippen molar-refractivity contribution in [2.45, 2.75) is 33.7 Å². The minimum Gasteiger partial charge on any atom is -0.463 e. The quantitative estimate of drug-likeness (QED) is 0.375. The maximum Gasteiger partial charge on any atom is 0.344 e. The number of allylic oxidation sites excluding steroid dienone is 1. The zero-order valence-corrected chi connectivity index (χ0v) is 19.2. The molecule has 12 heteroatoms. The molecule has 176 valence electrons. The first kappa shape index (κ1) is 25.6. The van der Waals surface area contributed by atoms with Gasteiger partial charge in [0.1, 0.15) is 11.6 Å². The van der Waals surface area contributed by atoms with Crippen molar-refractivity contribution in [3.8, 4) is 0 Å². The van der Waals surface area contributed by atoms with Crippen molar-refractivity contribution in [3.05, 3.63) is 52.3 Å². The lowest BCUT2D eigenvalue weighted by Gasteiger charge is -2.22. The van der Waals surface area contributed by atoms with E-state index in [0.29, 0.717) is 28.4 Å². The molecule has 0 saturated carbocycles. The van der Waals surface area contributed by atoms with Crippen molar-refractivity contribution in [1.29, 1.82) is 0 Å². The van der Waals surface area contributed by atoms with Crippen LogP contribution in [0.15, 0.2) is 39.6 Å². The summed E-state index contributed by atoms with van der Waals surface area (Å²) in [5.41, 5.74) is 6.91. The van der Waals surface area contributed by atoms with Crippen LogP contribution in [0, 0.1) is 6.92 Å². The Bertz CT molecular complexity index is 1040. The highest BCUT2D eigenvalue weighted by molar-refractivity contribution is 8.17. The van der Waals surface area contributed by atoms with Crippen molar-refractivity contribution in [2.75, 3.05) is 18.9 Å². The average Bonchev–Trinajstić information content (AvgIpc) is 3.31. The largest absolute Gasteiger partial charge is 0.463 e. The van der Waals surface area contributed by atoms with Gasteiger partial charge >= 0.3 is 11.9 Å². The topological polar surface area (TPSA) is 155 Å². The fourth-order valence-electron chi connectivity index (χ4n) is 2.54. The second-order valence-electron chi connectivity index (χ2n) is 6.69. The molecule has 1 amide bonds. The molecule has 0 aromatic carbocycles. The van der Waals surface area contributed by atoms with Gasteiger partial charge in [0, 0.05) is 35.7 Å². The van der Waals surface area contributed by atoms with Gasteiger partial charge < -0.3 is 24.5 Å². The number of esters is 2. The number of carbonyl (C=O) groups excluding carboxylic acids is 4. The van der Waals surface area contributed by atoms with Crippen LogP contribution >= 0.6 is 11.8 Å². The maximum absolute atomic E-state index is 12.6. The second kappa shape index (κ2) is 12.4. The van der Waals surface area contributed by atoms with Gasteiger partial charge in [-0.15, -0.1) is 0 Å². The molecule has 0 aliphatic rings. The van der Waals surface area contributed by atoms with Crippen molar-refractivity contribution in [1.82, 2.24) is 14.9 Å². The standard InChI is InChI=1S/C21H24N4O7S/c1-13(25(12-26)10-16-9-23-14(2)24-20(16)22)18(33-21(29)17-5-4-7-30-17)6-8-31-19(28)11-32-15(3)27/h4-5,7,9,12H,6,8,10-11H2,1-3H3,(H2,22,23,24)/b18-13+. The summed E-state index contributed by atoms with van der Waals surface area (Å²) >= 11 is 0.849. The van der Waals surface area contributed by atoms with Gasteiger partial charge in [-0.25, -0.2) is 14.8 Å². The van der Waals surface area contributed by atoms with E-state index in [1.54, 1.807) is 19.9 Å². The number of aromatic nitrogens is 2. The van der Waals surface area contributed by atoms with Crippen LogP contribution in [-0.2, 0) is 30.4 Å². The van der Waals surface area contributed by atoms with Gasteiger partial charge in [-0.1, -0.05) is 0 Å². The number of rotatable bonds is 11. The number of thioether (sulfide) groups is 1. The number of hydrogen-bond acceptors (Lipinski definition) is 11. The van der Waals surface area contributed by atoms with Crippen molar-refractivity contribution >= 4 is 41.0 Å². The molecular formula is C21H24N4O7S. The Labute approximate surface area is 194 Å². The third kappa shape index (κ3) is 8.07. The molecule has 2 rings (SSSR count). The molecule has 33 heavy (non-hydrogen) atoms. The van der Waals surface area contributed by atoms with Crippen LogP contribution in [0.5, 0.6) is 0 Å². The van der Waals surface area contributed by atoms with Crippen LogP contribution in [0.4, 0.5) is 5.82 Å². The Morgan fingerprint density at radius 1 is 1.27 bits per heavy atom. The highest BCUT2D eigenvalue weighted by Gasteiger charge is 2.19. The minimum atomic E-state index is -0.735. The number of nitrogens with zero attached hydrogens (tertiary/aromatic N) is 3. The monoisotopic (exact) mass is 476 g/mol. The normalized spacial score (nSPS) is 11.4. The fourth-order valence-corrected chi connectivity index (χ4v) is 3.43. The molecule has 0 bridgehead atoms. The number of amides is 1. The molecule has 2 aromatic heterocycles. The second-order valence-corrected chi connectivity index (χ2v) is 7.75. The first-order chi connectivity index (χ1) is 15.7. The summed E-state index contributed by atoms with van der Waals surface area (Å²) in [6.45, 7) is 3.98. The lowest BCUT2D eigenvalue weighted by molar-refractivity contribution is -0.157. The van der Waals surface area contributed by atoms with Crippen LogP contribution in [0.3, 0.4) is 0 Å². The highest BCUT2D eigenvalue weighted by atomic mass is 32.2. The SMILES string of the molecule is CC(=O)OCC(=O)OCC/C(SC(=O)c1ccco1)=C(/C)N(C=O)Cc1cnc(C)nc1N. The summed E-state index contributed by atoms with van der Waals surface area (Å²) in [5, 5.41) is -0.385. The molecule has 2 N–H and O–H groups in total. The molecule has 2 heterocycles. The maximum atomic E-state index is 12.6. The number of nitrogens with two attached hydrogens (primary N) is 1. The molecule has 0 radical (unpaired) electrons. The molecule has 11 nitrogen and oxygen atoms in total. The van der Waals surface area contributed by atoms with Crippen molar-refractivity contribution < 1.29 is 33.1 Å². The van der Waals surface area contributed by atoms with E-state index in [0.717, 1.165) is 11.8 Å². The zero-order chi connectivity index (χ0) is 24.4. The molecule has 0 saturated heterocycles. The van der Waals surface area contributed by atoms with Gasteiger partial charge in [0.2, 0.25) is 6.41 Å². The van der Waals surface area contributed by atoms with Crippen LogP contribution in [0.2, 0.25) is 0 Å². The number of ether oxygens (including phenoxy) is 2. The third-order valence-corrected chi connectivity index (χ3v) is 5.38. The van der Waals surface area contributed by atoms with E-state index in [1.807, 2.05) is 0 Å². The molecule has 0 aliphatic heterocycles. The Kier molecular flexibility index (Phi) is 9.61. The predicted molar refractivity (Wildman–Crippen MR) is 118 cm³/mol. The molecule has 0 unspecified atom stereocenters. The number of anilines is 1. The van der Waals surface area contributed by atoms with Crippen LogP contribution < -0.4 is 5.73 Å². The Morgan fingerprint density at radius 3 is 2.64 bits per heavy atom. The van der Waals surface area contributed by atoms with E-state index in [2.05, 4.69) is 14.7 Å². The first-order valence-corrected chi connectivity index (χ1v) is 10.6. The van der Waals surface area contributed by atoms with Crippen LogP contribution in [0.25, 0.3) is 0 Å². The van der Waals surface area contributed by atoms with E-state index < -0.39 is 18.5 Å². The van der Waals surface area contributed by atoms with E-state index >= 15 is 0 Å². The zero-order valence-electron chi connectivity index (χ0n) is 18.4. The average molecular weight is 477 g/mol. The summed E-state index contributed by atoms with van der Waals surface area (Å²) in [6.07, 6.45) is 3.62. The van der Waals surface area contributed by atoms with Gasteiger partial charge in [-0.3, -0.25) is 14.4 Å². The summed E-state index contributed by atoms with van der Waals surface area (Å²) < 4.78 is 14.8. The van der Waals surface area contributed by atoms with E-state index in [-0.39, 0.29) is 36.3 Å². The van der Waals surface area contributed by atoms with Crippen LogP contribution in [0.1, 0.15) is 42.2 Å². The van der Waals surface area contributed by atoms with E-state index in [1.165, 1.54) is 30.4 Å². The number of nitrogen functional groups attached to an aromatic ring is 1. The number of furan rings is 1. The number of carbonyl (C=O) groups is 4. The van der Waals surface area contributed by atoms with Gasteiger partial charge in [0.15, 0.2) is 12.4 Å². The Hall–Kier alpha value is -3.67. The Morgan fingerprint density at radius 2 is 2.03 bits per heavy atom. The summed E-state index contributed by atoms with van der Waals surface area (Å²) in [7, 11) is 0. The highest BCUT2D eigenvalue weighted by Crippen LogP contribution is 2.29. The summed E-state index contributed by atoms with van der Waals surface area (Å²) in [4.78, 5) is 56.9. The summed E-state index contributed by atoms with van der Waals surface area (Å²) in [6, 6.07) is 3.10.